The molecule has 3 heteroatoms. The minimum atomic E-state index is 0.618. The van der Waals surface area contributed by atoms with E-state index in [0.717, 1.165) is 18.5 Å². The van der Waals surface area contributed by atoms with E-state index in [1.54, 1.807) is 0 Å². The third kappa shape index (κ3) is 4.40. The van der Waals surface area contributed by atoms with Gasteiger partial charge in [-0.05, 0) is 39.5 Å². The van der Waals surface area contributed by atoms with Gasteiger partial charge in [-0.1, -0.05) is 20.8 Å². The Morgan fingerprint density at radius 1 is 1.31 bits per heavy atom. The maximum absolute atomic E-state index is 3.48. The predicted octanol–water partition coefficient (Wildman–Crippen LogP) is 1.26. The van der Waals surface area contributed by atoms with E-state index >= 15 is 0 Å². The van der Waals surface area contributed by atoms with Crippen molar-refractivity contribution in [2.24, 2.45) is 5.92 Å². The van der Waals surface area contributed by atoms with Crippen molar-refractivity contribution < 1.29 is 0 Å². The fourth-order valence-electron chi connectivity index (χ4n) is 2.60. The van der Waals surface area contributed by atoms with Gasteiger partial charge in [0.05, 0.1) is 0 Å². The Kier molecular flexibility index (Phi) is 5.73. The zero-order valence-corrected chi connectivity index (χ0v) is 11.7. The Labute approximate surface area is 101 Å². The minimum absolute atomic E-state index is 0.618. The lowest BCUT2D eigenvalue weighted by Crippen LogP contribution is -2.35. The second kappa shape index (κ2) is 6.58. The van der Waals surface area contributed by atoms with E-state index in [2.05, 4.69) is 50.0 Å². The minimum Gasteiger partial charge on any atom is -0.314 e. The standard InChI is InChI=1S/C13H29N3/c1-11(2)14-7-6-8-16-9-12(3)13(10-16)15(4)5/h11-14H,6-10H2,1-5H3. The van der Waals surface area contributed by atoms with Crippen LogP contribution in [-0.4, -0.2) is 62.2 Å². The van der Waals surface area contributed by atoms with Crippen LogP contribution in [0.25, 0.3) is 0 Å². The Bertz CT molecular complexity index is 192. The molecule has 2 unspecified atom stereocenters. The number of likely N-dealkylation sites (N-methyl/N-ethyl adjacent to an activating group) is 1. The monoisotopic (exact) mass is 227 g/mol. The molecular formula is C13H29N3. The summed E-state index contributed by atoms with van der Waals surface area (Å²) >= 11 is 0. The number of nitrogens with zero attached hydrogens (tertiary/aromatic N) is 2. The fraction of sp³-hybridized carbons (Fsp3) is 1.00. The number of hydrogen-bond acceptors (Lipinski definition) is 3. The molecule has 1 aliphatic rings. The van der Waals surface area contributed by atoms with Gasteiger partial charge in [-0.3, -0.25) is 0 Å². The summed E-state index contributed by atoms with van der Waals surface area (Å²) in [4.78, 5) is 4.98. The molecule has 0 amide bonds. The van der Waals surface area contributed by atoms with Crippen LogP contribution in [-0.2, 0) is 0 Å². The zero-order chi connectivity index (χ0) is 12.1. The Morgan fingerprint density at radius 2 is 2.00 bits per heavy atom. The SMILES string of the molecule is CC(C)NCCCN1CC(C)C(N(C)C)C1. The summed E-state index contributed by atoms with van der Waals surface area (Å²) < 4.78 is 0. The topological polar surface area (TPSA) is 18.5 Å². The van der Waals surface area contributed by atoms with E-state index in [4.69, 9.17) is 0 Å². The molecule has 3 nitrogen and oxygen atoms in total. The van der Waals surface area contributed by atoms with Crippen LogP contribution in [0.3, 0.4) is 0 Å². The molecule has 2 atom stereocenters. The van der Waals surface area contributed by atoms with Crippen LogP contribution < -0.4 is 5.32 Å². The van der Waals surface area contributed by atoms with Gasteiger partial charge in [0.2, 0.25) is 0 Å². The second-order valence-corrected chi connectivity index (χ2v) is 5.73. The Morgan fingerprint density at radius 3 is 2.50 bits per heavy atom. The highest BCUT2D eigenvalue weighted by atomic mass is 15.2. The van der Waals surface area contributed by atoms with E-state index in [1.165, 1.54) is 26.1 Å². The molecule has 1 N–H and O–H groups in total. The normalized spacial score (nSPS) is 27.2. The molecule has 0 saturated carbocycles. The Hall–Kier alpha value is -0.120. The van der Waals surface area contributed by atoms with E-state index < -0.39 is 0 Å². The molecule has 0 aromatic heterocycles. The molecule has 0 radical (unpaired) electrons. The number of likely N-dealkylation sites (tertiary alicyclic amines) is 1. The molecule has 0 aromatic rings. The van der Waals surface area contributed by atoms with Gasteiger partial charge in [0.25, 0.3) is 0 Å². The Balaban J connectivity index is 2.16. The summed E-state index contributed by atoms with van der Waals surface area (Å²) in [5.74, 6) is 0.813. The van der Waals surface area contributed by atoms with Crippen LogP contribution >= 0.6 is 0 Å². The van der Waals surface area contributed by atoms with E-state index in [1.807, 2.05) is 0 Å². The quantitative estimate of drug-likeness (QED) is 0.689. The van der Waals surface area contributed by atoms with Crippen LogP contribution in [0.5, 0.6) is 0 Å². The first-order valence-corrected chi connectivity index (χ1v) is 6.63. The third-order valence-corrected chi connectivity index (χ3v) is 3.52. The smallest absolute Gasteiger partial charge is 0.0254 e. The second-order valence-electron chi connectivity index (χ2n) is 5.73. The summed E-state index contributed by atoms with van der Waals surface area (Å²) in [5, 5.41) is 3.48. The van der Waals surface area contributed by atoms with Gasteiger partial charge < -0.3 is 15.1 Å². The number of hydrogen-bond donors (Lipinski definition) is 1. The number of nitrogens with one attached hydrogen (secondary N) is 1. The molecule has 16 heavy (non-hydrogen) atoms. The first-order valence-electron chi connectivity index (χ1n) is 6.63. The van der Waals surface area contributed by atoms with Crippen LogP contribution in [0, 0.1) is 5.92 Å². The number of rotatable bonds is 6. The summed E-state index contributed by atoms with van der Waals surface area (Å²) in [7, 11) is 4.40. The molecular weight excluding hydrogens is 198 g/mol. The lowest BCUT2D eigenvalue weighted by atomic mass is 10.1. The van der Waals surface area contributed by atoms with E-state index in [0.29, 0.717) is 6.04 Å². The fourth-order valence-corrected chi connectivity index (χ4v) is 2.60. The predicted molar refractivity (Wildman–Crippen MR) is 70.8 cm³/mol. The van der Waals surface area contributed by atoms with Gasteiger partial charge in [0.15, 0.2) is 0 Å². The molecule has 1 fully saturated rings. The zero-order valence-electron chi connectivity index (χ0n) is 11.7. The summed E-state index contributed by atoms with van der Waals surface area (Å²) in [6, 6.07) is 1.37. The van der Waals surface area contributed by atoms with E-state index in [-0.39, 0.29) is 0 Å². The van der Waals surface area contributed by atoms with Crippen molar-refractivity contribution in [3.8, 4) is 0 Å². The van der Waals surface area contributed by atoms with Crippen LogP contribution in [0.2, 0.25) is 0 Å². The van der Waals surface area contributed by atoms with Crippen molar-refractivity contribution in [1.82, 2.24) is 15.1 Å². The highest BCUT2D eigenvalue weighted by molar-refractivity contribution is 4.86. The average Bonchev–Trinajstić information content (AvgIpc) is 2.54. The first kappa shape index (κ1) is 13.9. The van der Waals surface area contributed by atoms with Crippen molar-refractivity contribution in [3.05, 3.63) is 0 Å². The van der Waals surface area contributed by atoms with Gasteiger partial charge in [0.1, 0.15) is 0 Å². The van der Waals surface area contributed by atoms with Crippen LogP contribution in [0.4, 0.5) is 0 Å². The molecule has 96 valence electrons. The van der Waals surface area contributed by atoms with Crippen LogP contribution in [0.1, 0.15) is 27.2 Å². The maximum atomic E-state index is 3.48. The third-order valence-electron chi connectivity index (χ3n) is 3.52. The van der Waals surface area contributed by atoms with Gasteiger partial charge in [-0.2, -0.15) is 0 Å². The largest absolute Gasteiger partial charge is 0.314 e. The molecule has 1 rings (SSSR count). The molecule has 0 bridgehead atoms. The maximum Gasteiger partial charge on any atom is 0.0254 e. The van der Waals surface area contributed by atoms with Gasteiger partial charge in [-0.15, -0.1) is 0 Å². The molecule has 1 aliphatic heterocycles. The van der Waals surface area contributed by atoms with Gasteiger partial charge in [0, 0.05) is 25.2 Å². The first-order chi connectivity index (χ1) is 7.50. The molecule has 0 aromatic carbocycles. The van der Waals surface area contributed by atoms with Crippen molar-refractivity contribution in [3.63, 3.8) is 0 Å². The lowest BCUT2D eigenvalue weighted by molar-refractivity contribution is 0.251. The van der Waals surface area contributed by atoms with Crippen LogP contribution in [0.15, 0.2) is 0 Å². The van der Waals surface area contributed by atoms with Crippen molar-refractivity contribution in [2.45, 2.75) is 39.3 Å². The lowest BCUT2D eigenvalue weighted by Gasteiger charge is -2.22. The van der Waals surface area contributed by atoms with Crippen molar-refractivity contribution in [1.29, 1.82) is 0 Å². The molecule has 0 spiro atoms. The average molecular weight is 227 g/mol. The summed E-state index contributed by atoms with van der Waals surface area (Å²) in [6.07, 6.45) is 1.27. The van der Waals surface area contributed by atoms with Crippen molar-refractivity contribution in [2.75, 3.05) is 40.3 Å². The summed E-state index contributed by atoms with van der Waals surface area (Å²) in [6.45, 7) is 11.7. The highest BCUT2D eigenvalue weighted by Crippen LogP contribution is 2.19. The van der Waals surface area contributed by atoms with E-state index in [9.17, 15) is 0 Å². The van der Waals surface area contributed by atoms with Crippen molar-refractivity contribution >= 4 is 0 Å². The molecule has 1 saturated heterocycles. The van der Waals surface area contributed by atoms with Gasteiger partial charge in [-0.25, -0.2) is 0 Å². The molecule has 1 heterocycles. The summed E-state index contributed by atoms with van der Waals surface area (Å²) in [5.41, 5.74) is 0. The van der Waals surface area contributed by atoms with Gasteiger partial charge >= 0.3 is 0 Å². The molecule has 0 aliphatic carbocycles. The highest BCUT2D eigenvalue weighted by Gasteiger charge is 2.30.